The Balaban J connectivity index is 1.92. The summed E-state index contributed by atoms with van der Waals surface area (Å²) in [5, 5.41) is 16.8. The zero-order valence-electron chi connectivity index (χ0n) is 16.5. The third kappa shape index (κ3) is 6.01. The first kappa shape index (κ1) is 21.7. The van der Waals surface area contributed by atoms with Crippen molar-refractivity contribution in [3.8, 4) is 0 Å². The van der Waals surface area contributed by atoms with Crippen molar-refractivity contribution in [2.45, 2.75) is 6.92 Å². The number of hydrogen-bond acceptors (Lipinski definition) is 4. The SMILES string of the molecule is Cc1ccc(C(=O)NC(=Cc2cccc([N+](=O)[O-])c2)C(=O)Nc2ccc(Cl)cc2)cc1. The number of nitro benzene ring substituents is 1. The molecular formula is C23H18ClN3O4. The van der Waals surface area contributed by atoms with Gasteiger partial charge in [0.1, 0.15) is 5.70 Å². The molecule has 156 valence electrons. The van der Waals surface area contributed by atoms with Crippen molar-refractivity contribution >= 4 is 40.9 Å². The molecule has 0 atom stereocenters. The van der Waals surface area contributed by atoms with E-state index in [9.17, 15) is 19.7 Å². The van der Waals surface area contributed by atoms with Gasteiger partial charge in [0.2, 0.25) is 0 Å². The van der Waals surface area contributed by atoms with Crippen LogP contribution in [0, 0.1) is 17.0 Å². The van der Waals surface area contributed by atoms with Gasteiger partial charge in [0.05, 0.1) is 4.92 Å². The highest BCUT2D eigenvalue weighted by Crippen LogP contribution is 2.18. The number of hydrogen-bond donors (Lipinski definition) is 2. The fourth-order valence-corrected chi connectivity index (χ4v) is 2.81. The highest BCUT2D eigenvalue weighted by molar-refractivity contribution is 6.30. The molecule has 3 rings (SSSR count). The Labute approximate surface area is 183 Å². The lowest BCUT2D eigenvalue weighted by Gasteiger charge is -2.12. The molecule has 8 heteroatoms. The van der Waals surface area contributed by atoms with Crippen LogP contribution in [0.5, 0.6) is 0 Å². The Morgan fingerprint density at radius 1 is 1.00 bits per heavy atom. The van der Waals surface area contributed by atoms with E-state index in [0.29, 0.717) is 21.8 Å². The molecular weight excluding hydrogens is 418 g/mol. The molecule has 0 spiro atoms. The van der Waals surface area contributed by atoms with Crippen molar-refractivity contribution in [1.29, 1.82) is 0 Å². The fraction of sp³-hybridized carbons (Fsp3) is 0.0435. The van der Waals surface area contributed by atoms with Crippen LogP contribution in [0.2, 0.25) is 5.02 Å². The summed E-state index contributed by atoms with van der Waals surface area (Å²) in [7, 11) is 0. The second-order valence-corrected chi connectivity index (χ2v) is 7.13. The van der Waals surface area contributed by atoms with Crippen LogP contribution in [0.1, 0.15) is 21.5 Å². The predicted octanol–water partition coefficient (Wildman–Crippen LogP) is 4.97. The Morgan fingerprint density at radius 2 is 1.68 bits per heavy atom. The lowest BCUT2D eigenvalue weighted by molar-refractivity contribution is -0.384. The molecule has 0 saturated carbocycles. The molecule has 0 radical (unpaired) electrons. The normalized spacial score (nSPS) is 11.0. The van der Waals surface area contributed by atoms with E-state index >= 15 is 0 Å². The second kappa shape index (κ2) is 9.69. The zero-order chi connectivity index (χ0) is 22.4. The van der Waals surface area contributed by atoms with Gasteiger partial charge in [-0.15, -0.1) is 0 Å². The summed E-state index contributed by atoms with van der Waals surface area (Å²) < 4.78 is 0. The van der Waals surface area contributed by atoms with Crippen LogP contribution in [-0.4, -0.2) is 16.7 Å². The number of nitrogens with one attached hydrogen (secondary N) is 2. The summed E-state index contributed by atoms with van der Waals surface area (Å²) in [4.78, 5) is 36.1. The minimum Gasteiger partial charge on any atom is -0.321 e. The van der Waals surface area contributed by atoms with Crippen LogP contribution in [-0.2, 0) is 4.79 Å². The molecule has 0 aromatic heterocycles. The fourth-order valence-electron chi connectivity index (χ4n) is 2.68. The van der Waals surface area contributed by atoms with E-state index in [1.165, 1.54) is 24.3 Å². The quantitative estimate of drug-likeness (QED) is 0.324. The van der Waals surface area contributed by atoms with Crippen LogP contribution in [0.25, 0.3) is 6.08 Å². The van der Waals surface area contributed by atoms with Gasteiger partial charge in [-0.05, 0) is 55.0 Å². The summed E-state index contributed by atoms with van der Waals surface area (Å²) in [6.45, 7) is 1.90. The smallest absolute Gasteiger partial charge is 0.272 e. The van der Waals surface area contributed by atoms with Crippen molar-refractivity contribution in [2.75, 3.05) is 5.32 Å². The van der Waals surface area contributed by atoms with Gasteiger partial charge in [-0.25, -0.2) is 0 Å². The minimum atomic E-state index is -0.589. The molecule has 3 aromatic rings. The number of aryl methyl sites for hydroxylation is 1. The summed E-state index contributed by atoms with van der Waals surface area (Å²) >= 11 is 5.87. The Morgan fingerprint density at radius 3 is 2.32 bits per heavy atom. The maximum atomic E-state index is 12.9. The van der Waals surface area contributed by atoms with Crippen molar-refractivity contribution in [1.82, 2.24) is 5.32 Å². The summed E-state index contributed by atoms with van der Waals surface area (Å²) in [5.41, 5.74) is 2.03. The van der Waals surface area contributed by atoms with Gasteiger partial charge >= 0.3 is 0 Å². The average molecular weight is 436 g/mol. The molecule has 2 N–H and O–H groups in total. The maximum Gasteiger partial charge on any atom is 0.272 e. The maximum absolute atomic E-state index is 12.9. The van der Waals surface area contributed by atoms with Gasteiger partial charge in [-0.1, -0.05) is 41.4 Å². The summed E-state index contributed by atoms with van der Waals surface area (Å²) in [6, 6.07) is 19.1. The molecule has 0 aliphatic heterocycles. The predicted molar refractivity (Wildman–Crippen MR) is 120 cm³/mol. The third-order valence-corrected chi connectivity index (χ3v) is 4.55. The Bertz CT molecular complexity index is 1160. The molecule has 0 heterocycles. The van der Waals surface area contributed by atoms with E-state index in [4.69, 9.17) is 11.6 Å². The zero-order valence-corrected chi connectivity index (χ0v) is 17.2. The third-order valence-electron chi connectivity index (χ3n) is 4.30. The van der Waals surface area contributed by atoms with Gasteiger partial charge < -0.3 is 10.6 Å². The van der Waals surface area contributed by atoms with Gasteiger partial charge in [0.25, 0.3) is 17.5 Å². The topological polar surface area (TPSA) is 101 Å². The largest absolute Gasteiger partial charge is 0.321 e. The number of non-ortho nitro benzene ring substituents is 1. The Hall–Kier alpha value is -3.97. The molecule has 0 bridgehead atoms. The summed E-state index contributed by atoms with van der Waals surface area (Å²) in [6.07, 6.45) is 1.38. The lowest BCUT2D eigenvalue weighted by atomic mass is 10.1. The van der Waals surface area contributed by atoms with Crippen LogP contribution in [0.3, 0.4) is 0 Å². The van der Waals surface area contributed by atoms with Crippen LogP contribution in [0.4, 0.5) is 11.4 Å². The van der Waals surface area contributed by atoms with Crippen molar-refractivity contribution < 1.29 is 14.5 Å². The minimum absolute atomic E-state index is 0.0685. The molecule has 3 aromatic carbocycles. The first-order chi connectivity index (χ1) is 14.8. The molecule has 2 amide bonds. The molecule has 0 saturated heterocycles. The molecule has 31 heavy (non-hydrogen) atoms. The van der Waals surface area contributed by atoms with Crippen molar-refractivity contribution in [2.24, 2.45) is 0 Å². The number of carbonyl (C=O) groups is 2. The average Bonchev–Trinajstić information content (AvgIpc) is 2.75. The van der Waals surface area contributed by atoms with Crippen molar-refractivity contribution in [3.05, 3.63) is 110 Å². The molecule has 0 fully saturated rings. The van der Waals surface area contributed by atoms with Crippen LogP contribution >= 0.6 is 11.6 Å². The first-order valence-electron chi connectivity index (χ1n) is 9.23. The number of anilines is 1. The number of rotatable bonds is 6. The number of nitro groups is 1. The Kier molecular flexibility index (Phi) is 6.79. The first-order valence-corrected chi connectivity index (χ1v) is 9.61. The lowest BCUT2D eigenvalue weighted by Crippen LogP contribution is -2.30. The molecule has 0 unspecified atom stereocenters. The van der Waals surface area contributed by atoms with Gasteiger partial charge in [0, 0.05) is 28.4 Å². The van der Waals surface area contributed by atoms with Gasteiger partial charge in [-0.3, -0.25) is 19.7 Å². The van der Waals surface area contributed by atoms with E-state index in [-0.39, 0.29) is 11.4 Å². The summed E-state index contributed by atoms with van der Waals surface area (Å²) in [5.74, 6) is -1.07. The standard InChI is InChI=1S/C23H18ClN3O4/c1-15-5-7-17(8-6-15)22(28)26-21(14-16-3-2-4-20(13-16)27(30)31)23(29)25-19-11-9-18(24)10-12-19/h2-14H,1H3,(H,25,29)(H,26,28). The molecule has 7 nitrogen and oxygen atoms in total. The number of benzene rings is 3. The number of carbonyl (C=O) groups excluding carboxylic acids is 2. The van der Waals surface area contributed by atoms with Crippen LogP contribution < -0.4 is 10.6 Å². The van der Waals surface area contributed by atoms with Crippen molar-refractivity contribution in [3.63, 3.8) is 0 Å². The van der Waals surface area contributed by atoms with Gasteiger partial charge in [0.15, 0.2) is 0 Å². The molecule has 0 aliphatic rings. The van der Waals surface area contributed by atoms with E-state index in [0.717, 1.165) is 5.56 Å². The number of halogens is 1. The highest BCUT2D eigenvalue weighted by Gasteiger charge is 2.16. The van der Waals surface area contributed by atoms with Crippen LogP contribution in [0.15, 0.2) is 78.5 Å². The number of amides is 2. The van der Waals surface area contributed by atoms with E-state index < -0.39 is 16.7 Å². The molecule has 0 aliphatic carbocycles. The number of nitrogens with zero attached hydrogens (tertiary/aromatic N) is 1. The monoisotopic (exact) mass is 435 g/mol. The highest BCUT2D eigenvalue weighted by atomic mass is 35.5. The van der Waals surface area contributed by atoms with Gasteiger partial charge in [-0.2, -0.15) is 0 Å². The second-order valence-electron chi connectivity index (χ2n) is 6.69. The van der Waals surface area contributed by atoms with E-state index in [1.54, 1.807) is 54.6 Å². The van der Waals surface area contributed by atoms with E-state index in [1.807, 2.05) is 6.92 Å². The van der Waals surface area contributed by atoms with E-state index in [2.05, 4.69) is 10.6 Å².